The molecule has 2 aromatic carbocycles. The third kappa shape index (κ3) is 6.29. The van der Waals surface area contributed by atoms with Gasteiger partial charge in [0.05, 0.1) is 35.5 Å². The fourth-order valence-corrected chi connectivity index (χ4v) is 4.65. The summed E-state index contributed by atoms with van der Waals surface area (Å²) in [6, 6.07) is 9.26. The molecule has 0 saturated carbocycles. The molecule has 1 heterocycles. The van der Waals surface area contributed by atoms with Crippen molar-refractivity contribution in [3.63, 3.8) is 0 Å². The van der Waals surface area contributed by atoms with Crippen molar-refractivity contribution in [2.45, 2.75) is 25.9 Å². The average molecular weight is 528 g/mol. The van der Waals surface area contributed by atoms with Crippen LogP contribution in [0.2, 0.25) is 5.02 Å². The van der Waals surface area contributed by atoms with Gasteiger partial charge >= 0.3 is 18.2 Å². The number of rotatable bonds is 7. The van der Waals surface area contributed by atoms with Gasteiger partial charge in [-0.3, -0.25) is 0 Å². The Hall–Kier alpha value is -2.72. The van der Waals surface area contributed by atoms with Crippen LogP contribution in [0.3, 0.4) is 0 Å². The molecular formula is C24H25ClF3N3O3S. The topological polar surface area (TPSA) is 71.0 Å². The lowest BCUT2D eigenvalue weighted by Crippen LogP contribution is -2.36. The number of benzene rings is 2. The van der Waals surface area contributed by atoms with Crippen LogP contribution in [0.15, 0.2) is 47.6 Å². The van der Waals surface area contributed by atoms with E-state index in [1.54, 1.807) is 30.0 Å². The smallest absolute Gasteiger partial charge is 0.417 e. The molecule has 35 heavy (non-hydrogen) atoms. The van der Waals surface area contributed by atoms with Crippen LogP contribution < -0.4 is 5.32 Å². The predicted molar refractivity (Wildman–Crippen MR) is 132 cm³/mol. The van der Waals surface area contributed by atoms with Gasteiger partial charge in [-0.25, -0.2) is 14.6 Å². The summed E-state index contributed by atoms with van der Waals surface area (Å²) in [5.41, 5.74) is 0.0562. The van der Waals surface area contributed by atoms with E-state index in [2.05, 4.69) is 10.4 Å². The van der Waals surface area contributed by atoms with Gasteiger partial charge in [-0.1, -0.05) is 30.7 Å². The molecule has 188 valence electrons. The number of hydrogen-bond donors (Lipinski definition) is 1. The van der Waals surface area contributed by atoms with Crippen molar-refractivity contribution in [1.29, 1.82) is 0 Å². The number of carbonyl (C=O) groups excluding carboxylic acids is 2. The number of alkyl halides is 3. The Labute approximate surface area is 210 Å². The fourth-order valence-electron chi connectivity index (χ4n) is 3.93. The number of thioether (sulfide) groups is 1. The Bertz CT molecular complexity index is 1140. The van der Waals surface area contributed by atoms with Crippen LogP contribution in [0.25, 0.3) is 0 Å². The summed E-state index contributed by atoms with van der Waals surface area (Å²) in [4.78, 5) is 24.8. The summed E-state index contributed by atoms with van der Waals surface area (Å²) >= 11 is 7.65. The molecule has 3 rings (SSSR count). The molecule has 1 atom stereocenters. The Morgan fingerprint density at radius 3 is 2.63 bits per heavy atom. The number of anilines is 1. The van der Waals surface area contributed by atoms with E-state index in [1.807, 2.05) is 13.2 Å². The maximum absolute atomic E-state index is 13.2. The second-order valence-corrected chi connectivity index (χ2v) is 9.75. The first-order valence-electron chi connectivity index (χ1n) is 10.7. The van der Waals surface area contributed by atoms with Crippen LogP contribution in [0.4, 0.5) is 23.7 Å². The van der Waals surface area contributed by atoms with E-state index in [0.717, 1.165) is 18.2 Å². The van der Waals surface area contributed by atoms with Crippen molar-refractivity contribution < 1.29 is 27.5 Å². The van der Waals surface area contributed by atoms with Gasteiger partial charge in [0.15, 0.2) is 0 Å². The first-order valence-corrected chi connectivity index (χ1v) is 12.5. The highest BCUT2D eigenvalue weighted by molar-refractivity contribution is 7.98. The number of esters is 1. The van der Waals surface area contributed by atoms with Crippen LogP contribution in [0.5, 0.6) is 0 Å². The molecular weight excluding hydrogens is 503 g/mol. The minimum atomic E-state index is -4.57. The Kier molecular flexibility index (Phi) is 8.38. The predicted octanol–water partition coefficient (Wildman–Crippen LogP) is 6.55. The van der Waals surface area contributed by atoms with E-state index >= 15 is 0 Å². The maximum Gasteiger partial charge on any atom is 0.417 e. The highest BCUT2D eigenvalue weighted by Crippen LogP contribution is 2.39. The first-order chi connectivity index (χ1) is 16.5. The van der Waals surface area contributed by atoms with Crippen molar-refractivity contribution in [3.05, 3.63) is 64.2 Å². The van der Waals surface area contributed by atoms with Crippen LogP contribution in [-0.2, 0) is 10.9 Å². The molecule has 0 aliphatic carbocycles. The first kappa shape index (κ1) is 26.9. The quantitative estimate of drug-likeness (QED) is 0.327. The zero-order valence-electron chi connectivity index (χ0n) is 19.4. The minimum absolute atomic E-state index is 0.234. The number of hydrazone groups is 1. The molecule has 0 saturated heterocycles. The van der Waals surface area contributed by atoms with Gasteiger partial charge in [0.1, 0.15) is 0 Å². The molecule has 1 N–H and O–H groups in total. The number of hydrogen-bond acceptors (Lipinski definition) is 5. The van der Waals surface area contributed by atoms with Crippen molar-refractivity contribution >= 4 is 46.8 Å². The summed E-state index contributed by atoms with van der Waals surface area (Å²) in [7, 11) is 1.26. The summed E-state index contributed by atoms with van der Waals surface area (Å²) in [6.45, 7) is 2.17. The number of methoxy groups -OCH3 is 1. The second-order valence-electron chi connectivity index (χ2n) is 8.36. The summed E-state index contributed by atoms with van der Waals surface area (Å²) in [5, 5.41) is 8.04. The van der Waals surface area contributed by atoms with Crippen molar-refractivity contribution in [3.8, 4) is 0 Å². The molecule has 2 amide bonds. The van der Waals surface area contributed by atoms with Gasteiger partial charge in [-0.05, 0) is 60.7 Å². The zero-order chi connectivity index (χ0) is 25.8. The molecule has 2 aromatic rings. The van der Waals surface area contributed by atoms with E-state index in [1.165, 1.54) is 30.3 Å². The van der Waals surface area contributed by atoms with E-state index < -0.39 is 34.2 Å². The van der Waals surface area contributed by atoms with Crippen LogP contribution in [-0.4, -0.2) is 48.4 Å². The van der Waals surface area contributed by atoms with Gasteiger partial charge < -0.3 is 10.1 Å². The molecule has 0 aromatic heterocycles. The van der Waals surface area contributed by atoms with Gasteiger partial charge in [-0.15, -0.1) is 0 Å². The molecule has 0 bridgehead atoms. The average Bonchev–Trinajstić information content (AvgIpc) is 3.15. The summed E-state index contributed by atoms with van der Waals surface area (Å²) in [5.74, 6) is 0.353. The molecule has 1 aliphatic rings. The highest BCUT2D eigenvalue weighted by atomic mass is 35.5. The summed E-state index contributed by atoms with van der Waals surface area (Å²) < 4.78 is 44.3. The van der Waals surface area contributed by atoms with Gasteiger partial charge in [0, 0.05) is 11.1 Å². The van der Waals surface area contributed by atoms with Gasteiger partial charge in [-0.2, -0.15) is 30.0 Å². The maximum atomic E-state index is 13.2. The lowest BCUT2D eigenvalue weighted by Gasteiger charge is -2.26. The largest absolute Gasteiger partial charge is 0.465 e. The van der Waals surface area contributed by atoms with Crippen molar-refractivity contribution in [1.82, 2.24) is 5.01 Å². The standard InChI is InChI=1S/C24H25ClF3N3O3S/c1-23(10-5-11-35-3)14-31(22(33)29-17-7-4-6-16(12-17)21(32)34-2)30-20(23)15-8-9-18(19(25)13-15)24(26,27)28/h4,6-9,12-13H,5,10-11,14H2,1-3H3,(H,29,33). The van der Waals surface area contributed by atoms with E-state index in [-0.39, 0.29) is 12.1 Å². The Balaban J connectivity index is 1.90. The third-order valence-corrected chi connectivity index (χ3v) is 6.70. The van der Waals surface area contributed by atoms with Gasteiger partial charge in [0.25, 0.3) is 0 Å². The number of halogens is 4. The molecule has 6 nitrogen and oxygen atoms in total. The van der Waals surface area contributed by atoms with E-state index in [4.69, 9.17) is 16.3 Å². The number of urea groups is 1. The molecule has 1 unspecified atom stereocenters. The number of ether oxygens (including phenoxy) is 1. The highest BCUT2D eigenvalue weighted by Gasteiger charge is 2.42. The third-order valence-electron chi connectivity index (χ3n) is 5.69. The minimum Gasteiger partial charge on any atom is -0.465 e. The van der Waals surface area contributed by atoms with E-state index in [0.29, 0.717) is 23.4 Å². The number of carbonyl (C=O) groups is 2. The zero-order valence-corrected chi connectivity index (χ0v) is 21.0. The molecule has 0 radical (unpaired) electrons. The fraction of sp³-hybridized carbons (Fsp3) is 0.375. The molecule has 0 fully saturated rings. The Morgan fingerprint density at radius 2 is 2.00 bits per heavy atom. The van der Waals surface area contributed by atoms with Crippen LogP contribution in [0.1, 0.15) is 41.3 Å². The lowest BCUT2D eigenvalue weighted by molar-refractivity contribution is -0.137. The molecule has 1 aliphatic heterocycles. The number of nitrogens with one attached hydrogen (secondary N) is 1. The number of nitrogens with zero attached hydrogens (tertiary/aromatic N) is 2. The monoisotopic (exact) mass is 527 g/mol. The Morgan fingerprint density at radius 1 is 1.26 bits per heavy atom. The number of amides is 2. The normalized spacial score (nSPS) is 17.8. The van der Waals surface area contributed by atoms with E-state index in [9.17, 15) is 22.8 Å². The van der Waals surface area contributed by atoms with Crippen molar-refractivity contribution in [2.24, 2.45) is 10.5 Å². The SMILES string of the molecule is COC(=O)c1cccc(NC(=O)N2CC(C)(CCCSC)C(c3ccc(C(F)(F)F)c(Cl)c3)=N2)c1. The molecule has 11 heteroatoms. The van der Waals surface area contributed by atoms with Crippen LogP contribution >= 0.6 is 23.4 Å². The van der Waals surface area contributed by atoms with Crippen molar-refractivity contribution in [2.75, 3.05) is 31.0 Å². The second kappa shape index (κ2) is 10.9. The van der Waals surface area contributed by atoms with Crippen LogP contribution in [0, 0.1) is 5.41 Å². The lowest BCUT2D eigenvalue weighted by atomic mass is 9.78. The molecule has 0 spiro atoms. The summed E-state index contributed by atoms with van der Waals surface area (Å²) in [6.07, 6.45) is -1.07. The van der Waals surface area contributed by atoms with Gasteiger partial charge in [0.2, 0.25) is 0 Å².